The van der Waals surface area contributed by atoms with Crippen LogP contribution in [0.3, 0.4) is 0 Å². The lowest BCUT2D eigenvalue weighted by Gasteiger charge is -2.20. The van der Waals surface area contributed by atoms with Gasteiger partial charge in [0.25, 0.3) is 0 Å². The van der Waals surface area contributed by atoms with Crippen molar-refractivity contribution in [2.45, 2.75) is 19.4 Å². The Morgan fingerprint density at radius 3 is 2.42 bits per heavy atom. The Kier molecular flexibility index (Phi) is 6.44. The van der Waals surface area contributed by atoms with Gasteiger partial charge in [0.1, 0.15) is 29.1 Å². The fourth-order valence-corrected chi connectivity index (χ4v) is 3.61. The molecule has 0 saturated carbocycles. The van der Waals surface area contributed by atoms with Crippen molar-refractivity contribution >= 4 is 5.91 Å². The third kappa shape index (κ3) is 4.90. The van der Waals surface area contributed by atoms with Gasteiger partial charge in [0.05, 0.1) is 26.3 Å². The average Bonchev–Trinajstić information content (AvgIpc) is 3.42. The molecule has 0 radical (unpaired) electrons. The van der Waals surface area contributed by atoms with E-state index in [-0.39, 0.29) is 12.3 Å². The molecule has 2 heterocycles. The number of hydrogen-bond donors (Lipinski definition) is 1. The van der Waals surface area contributed by atoms with Crippen molar-refractivity contribution in [2.75, 3.05) is 14.2 Å². The molecule has 4 aromatic rings. The van der Waals surface area contributed by atoms with Crippen LogP contribution >= 0.6 is 0 Å². The highest BCUT2D eigenvalue weighted by Crippen LogP contribution is 2.30. The molecule has 0 saturated heterocycles. The molecule has 0 bridgehead atoms. The van der Waals surface area contributed by atoms with Gasteiger partial charge in [-0.3, -0.25) is 4.79 Å². The van der Waals surface area contributed by atoms with Crippen molar-refractivity contribution < 1.29 is 18.7 Å². The van der Waals surface area contributed by atoms with E-state index < -0.39 is 6.04 Å². The lowest BCUT2D eigenvalue weighted by Crippen LogP contribution is -2.32. The second-order valence-electron chi connectivity index (χ2n) is 7.61. The molecule has 2 aromatic heterocycles. The molecule has 2 aromatic carbocycles. The van der Waals surface area contributed by atoms with Gasteiger partial charge >= 0.3 is 0 Å². The number of hydrogen-bond acceptors (Lipinski definition) is 6. The Hall–Kier alpha value is -4.07. The van der Waals surface area contributed by atoms with Crippen LogP contribution in [-0.2, 0) is 18.3 Å². The molecule has 8 nitrogen and oxygen atoms in total. The van der Waals surface area contributed by atoms with Gasteiger partial charge in [-0.15, -0.1) is 0 Å². The van der Waals surface area contributed by atoms with E-state index in [0.717, 1.165) is 11.1 Å². The molecule has 170 valence electrons. The maximum Gasteiger partial charge on any atom is 0.227 e. The second kappa shape index (κ2) is 9.60. The molecular weight excluding hydrogens is 420 g/mol. The second-order valence-corrected chi connectivity index (χ2v) is 7.61. The van der Waals surface area contributed by atoms with E-state index in [9.17, 15) is 4.79 Å². The normalized spacial score (nSPS) is 11.8. The first-order valence-corrected chi connectivity index (χ1v) is 10.5. The zero-order valence-corrected chi connectivity index (χ0v) is 19.0. The fourth-order valence-electron chi connectivity index (χ4n) is 3.61. The highest BCUT2D eigenvalue weighted by Gasteiger charge is 2.24. The van der Waals surface area contributed by atoms with Crippen molar-refractivity contribution in [3.63, 3.8) is 0 Å². The Labute approximate surface area is 192 Å². The number of benzene rings is 2. The molecule has 1 amide bonds. The molecule has 0 aliphatic heterocycles. The van der Waals surface area contributed by atoms with Gasteiger partial charge < -0.3 is 23.8 Å². The lowest BCUT2D eigenvalue weighted by molar-refractivity contribution is -0.121. The number of methoxy groups -OCH3 is 2. The number of nitrogens with zero attached hydrogens (tertiary/aromatic N) is 3. The van der Waals surface area contributed by atoms with Crippen molar-refractivity contribution in [2.24, 2.45) is 7.05 Å². The van der Waals surface area contributed by atoms with Crippen LogP contribution in [0.25, 0.3) is 11.5 Å². The van der Waals surface area contributed by atoms with E-state index in [1.54, 1.807) is 26.5 Å². The maximum absolute atomic E-state index is 13.1. The van der Waals surface area contributed by atoms with Crippen molar-refractivity contribution in [1.29, 1.82) is 0 Å². The number of rotatable bonds is 8. The zero-order valence-electron chi connectivity index (χ0n) is 19.0. The first-order chi connectivity index (χ1) is 16.0. The van der Waals surface area contributed by atoms with Crippen LogP contribution in [-0.4, -0.2) is 34.7 Å². The van der Waals surface area contributed by atoms with Crippen molar-refractivity contribution in [3.05, 3.63) is 83.8 Å². The summed E-state index contributed by atoms with van der Waals surface area (Å²) >= 11 is 0. The number of carbonyl (C=O) groups is 1. The van der Waals surface area contributed by atoms with Gasteiger partial charge in [-0.2, -0.15) is 0 Å². The van der Waals surface area contributed by atoms with Crippen molar-refractivity contribution in [1.82, 2.24) is 19.9 Å². The van der Waals surface area contributed by atoms with E-state index in [0.29, 0.717) is 34.7 Å². The van der Waals surface area contributed by atoms with Crippen LogP contribution in [0, 0.1) is 6.92 Å². The Morgan fingerprint density at radius 1 is 1.12 bits per heavy atom. The minimum absolute atomic E-state index is 0.0736. The average molecular weight is 447 g/mol. The number of oxazole rings is 1. The monoisotopic (exact) mass is 446 g/mol. The number of aromatic nitrogens is 3. The molecule has 0 spiro atoms. The third-order valence-corrected chi connectivity index (χ3v) is 5.37. The SMILES string of the molecule is COc1cc(OC)cc(C(NC(=O)Cc2nc(-c3ccccc3)oc2C)c2nccn2C)c1. The molecule has 4 rings (SSSR count). The summed E-state index contributed by atoms with van der Waals surface area (Å²) in [5, 5.41) is 3.09. The fraction of sp³-hybridized carbons (Fsp3) is 0.240. The predicted octanol–water partition coefficient (Wildman–Crippen LogP) is 3.85. The molecule has 8 heteroatoms. The first-order valence-electron chi connectivity index (χ1n) is 10.5. The lowest BCUT2D eigenvalue weighted by atomic mass is 10.0. The molecule has 33 heavy (non-hydrogen) atoms. The quantitative estimate of drug-likeness (QED) is 0.442. The van der Waals surface area contributed by atoms with Crippen LogP contribution < -0.4 is 14.8 Å². The summed E-state index contributed by atoms with van der Waals surface area (Å²) in [6.45, 7) is 1.81. The summed E-state index contributed by atoms with van der Waals surface area (Å²) in [6.07, 6.45) is 3.60. The number of amides is 1. The van der Waals surface area contributed by atoms with E-state index in [1.807, 2.05) is 67.2 Å². The molecule has 0 fully saturated rings. The smallest absolute Gasteiger partial charge is 0.227 e. The Balaban J connectivity index is 1.61. The van der Waals surface area contributed by atoms with E-state index in [4.69, 9.17) is 13.9 Å². The van der Waals surface area contributed by atoms with Crippen LogP contribution in [0.1, 0.15) is 28.9 Å². The summed E-state index contributed by atoms with van der Waals surface area (Å²) in [5.41, 5.74) is 2.24. The Bertz CT molecular complexity index is 1220. The molecular formula is C25H26N4O4. The summed E-state index contributed by atoms with van der Waals surface area (Å²) < 4.78 is 18.5. The predicted molar refractivity (Wildman–Crippen MR) is 123 cm³/mol. The minimum atomic E-state index is -0.512. The summed E-state index contributed by atoms with van der Waals surface area (Å²) in [6, 6.07) is 14.6. The topological polar surface area (TPSA) is 91.4 Å². The van der Waals surface area contributed by atoms with Crippen molar-refractivity contribution in [3.8, 4) is 23.0 Å². The number of aryl methyl sites for hydroxylation is 2. The molecule has 1 N–H and O–H groups in total. The van der Waals surface area contributed by atoms with Gasteiger partial charge in [-0.25, -0.2) is 9.97 Å². The van der Waals surface area contributed by atoms with E-state index >= 15 is 0 Å². The van der Waals surface area contributed by atoms with Crippen LogP contribution in [0.4, 0.5) is 0 Å². The number of imidazole rings is 1. The molecule has 0 aliphatic rings. The molecule has 0 aliphatic carbocycles. The molecule has 1 unspecified atom stereocenters. The standard InChI is InChI=1S/C25H26N4O4/c1-16-21(27-25(33-16)17-8-6-5-7-9-17)15-22(30)28-23(24-26-10-11-29(24)2)18-12-19(31-3)14-20(13-18)32-4/h5-14,23H,15H2,1-4H3,(H,28,30). The maximum atomic E-state index is 13.1. The highest BCUT2D eigenvalue weighted by molar-refractivity contribution is 5.79. The van der Waals surface area contributed by atoms with Crippen LogP contribution in [0.2, 0.25) is 0 Å². The van der Waals surface area contributed by atoms with E-state index in [1.165, 1.54) is 0 Å². The largest absolute Gasteiger partial charge is 0.497 e. The van der Waals surface area contributed by atoms with E-state index in [2.05, 4.69) is 15.3 Å². The summed E-state index contributed by atoms with van der Waals surface area (Å²) in [7, 11) is 5.06. The number of ether oxygens (including phenoxy) is 2. The zero-order chi connectivity index (χ0) is 23.4. The minimum Gasteiger partial charge on any atom is -0.497 e. The van der Waals surface area contributed by atoms with Crippen LogP contribution in [0.5, 0.6) is 11.5 Å². The third-order valence-electron chi connectivity index (χ3n) is 5.37. The highest BCUT2D eigenvalue weighted by atomic mass is 16.5. The van der Waals surface area contributed by atoms with Gasteiger partial charge in [0.15, 0.2) is 0 Å². The van der Waals surface area contributed by atoms with Gasteiger partial charge in [-0.05, 0) is 36.8 Å². The molecule has 1 atom stereocenters. The van der Waals surface area contributed by atoms with Gasteiger partial charge in [-0.1, -0.05) is 18.2 Å². The number of nitrogens with one attached hydrogen (secondary N) is 1. The summed E-state index contributed by atoms with van der Waals surface area (Å²) in [4.78, 5) is 22.1. The van der Waals surface area contributed by atoms with Gasteiger partial charge in [0, 0.05) is 31.1 Å². The Morgan fingerprint density at radius 2 is 1.82 bits per heavy atom. The first kappa shape index (κ1) is 22.1. The number of carbonyl (C=O) groups excluding carboxylic acids is 1. The van der Waals surface area contributed by atoms with Crippen LogP contribution in [0.15, 0.2) is 65.3 Å². The summed E-state index contributed by atoms with van der Waals surface area (Å²) in [5.74, 6) is 2.83. The van der Waals surface area contributed by atoms with Gasteiger partial charge in [0.2, 0.25) is 11.8 Å².